The van der Waals surface area contributed by atoms with Gasteiger partial charge in [-0.05, 0) is 56.5 Å². The van der Waals surface area contributed by atoms with Crippen LogP contribution in [0.15, 0.2) is 24.5 Å². The molecule has 0 saturated carbocycles. The molecule has 2 aromatic heterocycles. The van der Waals surface area contributed by atoms with Gasteiger partial charge in [-0.1, -0.05) is 0 Å². The molecule has 1 N–H and O–H groups in total. The fourth-order valence-electron chi connectivity index (χ4n) is 3.02. The molecule has 3 aromatic rings. The second kappa shape index (κ2) is 7.53. The molecular weight excluding hydrogens is 346 g/mol. The lowest BCUT2D eigenvalue weighted by atomic mass is 10.1. The first-order valence-electron chi connectivity index (χ1n) is 8.55. The highest BCUT2D eigenvalue weighted by Crippen LogP contribution is 2.19. The highest BCUT2D eigenvalue weighted by molar-refractivity contribution is 5.94. The van der Waals surface area contributed by atoms with Crippen LogP contribution in [0.3, 0.4) is 0 Å². The van der Waals surface area contributed by atoms with Crippen LogP contribution in [0, 0.1) is 20.8 Å². The number of aryl methyl sites for hydroxylation is 3. The largest absolute Gasteiger partial charge is 0.465 e. The number of hydrogen-bond acceptors (Lipinski definition) is 6. The maximum atomic E-state index is 12.4. The number of fused-ring (bicyclic) bond motifs is 1. The normalized spacial score (nSPS) is 10.8. The van der Waals surface area contributed by atoms with Crippen molar-refractivity contribution in [2.75, 3.05) is 12.4 Å². The first kappa shape index (κ1) is 18.5. The number of methoxy groups -OCH3 is 1. The minimum Gasteiger partial charge on any atom is -0.465 e. The van der Waals surface area contributed by atoms with Crippen molar-refractivity contribution in [3.63, 3.8) is 0 Å². The van der Waals surface area contributed by atoms with E-state index in [1.165, 1.54) is 13.4 Å². The maximum absolute atomic E-state index is 12.4. The van der Waals surface area contributed by atoms with Crippen LogP contribution in [0.5, 0.6) is 0 Å². The van der Waals surface area contributed by atoms with Crippen molar-refractivity contribution in [1.29, 1.82) is 0 Å². The van der Waals surface area contributed by atoms with Crippen LogP contribution >= 0.6 is 0 Å². The molecule has 0 unspecified atom stereocenters. The summed E-state index contributed by atoms with van der Waals surface area (Å²) in [4.78, 5) is 32.5. The van der Waals surface area contributed by atoms with Crippen LogP contribution in [0.25, 0.3) is 5.78 Å². The number of esters is 1. The molecule has 0 aliphatic rings. The van der Waals surface area contributed by atoms with Gasteiger partial charge in [0.1, 0.15) is 6.33 Å². The summed E-state index contributed by atoms with van der Waals surface area (Å²) in [5.41, 5.74) is 4.68. The van der Waals surface area contributed by atoms with E-state index in [2.05, 4.69) is 20.4 Å². The number of benzene rings is 1. The van der Waals surface area contributed by atoms with Crippen LogP contribution in [0.4, 0.5) is 5.69 Å². The number of aromatic nitrogens is 4. The minimum absolute atomic E-state index is 0.110. The van der Waals surface area contributed by atoms with E-state index in [-0.39, 0.29) is 5.91 Å². The summed E-state index contributed by atoms with van der Waals surface area (Å²) in [6.07, 6.45) is 2.32. The highest BCUT2D eigenvalue weighted by atomic mass is 16.5. The minimum atomic E-state index is -0.405. The number of anilines is 1. The molecule has 0 bridgehead atoms. The van der Waals surface area contributed by atoms with E-state index < -0.39 is 5.97 Å². The summed E-state index contributed by atoms with van der Waals surface area (Å²) in [6, 6.07) is 5.03. The maximum Gasteiger partial charge on any atom is 0.337 e. The van der Waals surface area contributed by atoms with Crippen LogP contribution in [0.2, 0.25) is 0 Å². The number of carbonyl (C=O) groups is 2. The molecule has 1 amide bonds. The van der Waals surface area contributed by atoms with Crippen molar-refractivity contribution < 1.29 is 14.3 Å². The zero-order valence-electron chi connectivity index (χ0n) is 15.7. The van der Waals surface area contributed by atoms with Crippen LogP contribution < -0.4 is 5.32 Å². The monoisotopic (exact) mass is 367 g/mol. The molecule has 0 atom stereocenters. The average molecular weight is 367 g/mol. The topological polar surface area (TPSA) is 98.5 Å². The molecule has 0 aliphatic heterocycles. The summed E-state index contributed by atoms with van der Waals surface area (Å²) in [5, 5.41) is 7.05. The number of ether oxygens (including phenoxy) is 1. The van der Waals surface area contributed by atoms with Crippen molar-refractivity contribution in [2.45, 2.75) is 33.6 Å². The molecule has 2 heterocycles. The lowest BCUT2D eigenvalue weighted by molar-refractivity contribution is -0.116. The van der Waals surface area contributed by atoms with Crippen LogP contribution in [-0.4, -0.2) is 38.6 Å². The summed E-state index contributed by atoms with van der Waals surface area (Å²) in [5.74, 6) is 0.0406. The van der Waals surface area contributed by atoms with Gasteiger partial charge >= 0.3 is 5.97 Å². The Bertz CT molecular complexity index is 1030. The molecule has 27 heavy (non-hydrogen) atoms. The van der Waals surface area contributed by atoms with Gasteiger partial charge in [0.2, 0.25) is 5.91 Å². The fourth-order valence-corrected chi connectivity index (χ4v) is 3.02. The van der Waals surface area contributed by atoms with E-state index in [1.54, 1.807) is 22.7 Å². The Morgan fingerprint density at radius 3 is 2.70 bits per heavy atom. The van der Waals surface area contributed by atoms with Crippen LogP contribution in [-0.2, 0) is 16.0 Å². The smallest absolute Gasteiger partial charge is 0.337 e. The third kappa shape index (κ3) is 3.79. The van der Waals surface area contributed by atoms with Gasteiger partial charge in [-0.25, -0.2) is 14.3 Å². The Morgan fingerprint density at radius 1 is 1.22 bits per heavy atom. The molecule has 0 aliphatic carbocycles. The fraction of sp³-hybridized carbons (Fsp3) is 0.316. The second-order valence-electron chi connectivity index (χ2n) is 6.30. The lowest BCUT2D eigenvalue weighted by Crippen LogP contribution is -2.15. The Morgan fingerprint density at radius 2 is 2.00 bits per heavy atom. The third-order valence-corrected chi connectivity index (χ3v) is 4.51. The number of nitrogens with zero attached hydrogens (tertiary/aromatic N) is 4. The first-order valence-corrected chi connectivity index (χ1v) is 8.55. The van der Waals surface area contributed by atoms with Crippen LogP contribution in [0.1, 0.15) is 39.3 Å². The van der Waals surface area contributed by atoms with E-state index in [4.69, 9.17) is 4.74 Å². The number of carbonyl (C=O) groups excluding carboxylic acids is 2. The molecule has 0 spiro atoms. The molecule has 8 nitrogen and oxygen atoms in total. The summed E-state index contributed by atoms with van der Waals surface area (Å²) >= 11 is 0. The standard InChI is InChI=1S/C19H21N5O3/c1-11-9-14(18(26)27-4)5-7-16(11)23-17(25)8-6-15-12(2)22-19-20-10-21-24(19)13(15)3/h5,7,9-10H,6,8H2,1-4H3,(H,23,25). The van der Waals surface area contributed by atoms with Gasteiger partial charge in [0.05, 0.1) is 12.7 Å². The lowest BCUT2D eigenvalue weighted by Gasteiger charge is -2.12. The van der Waals surface area contributed by atoms with Crippen molar-refractivity contribution >= 4 is 23.3 Å². The van der Waals surface area contributed by atoms with E-state index in [1.807, 2.05) is 20.8 Å². The zero-order valence-corrected chi connectivity index (χ0v) is 15.7. The van der Waals surface area contributed by atoms with Crippen molar-refractivity contribution in [3.8, 4) is 0 Å². The zero-order chi connectivity index (χ0) is 19.6. The van der Waals surface area contributed by atoms with E-state index in [0.29, 0.717) is 29.9 Å². The van der Waals surface area contributed by atoms with E-state index >= 15 is 0 Å². The Balaban J connectivity index is 1.69. The molecule has 3 rings (SSSR count). The molecular formula is C19H21N5O3. The van der Waals surface area contributed by atoms with Gasteiger partial charge < -0.3 is 10.1 Å². The quantitative estimate of drug-likeness (QED) is 0.695. The number of nitrogens with one attached hydrogen (secondary N) is 1. The van der Waals surface area contributed by atoms with Gasteiger partial charge in [0, 0.05) is 23.5 Å². The predicted molar refractivity (Wildman–Crippen MR) is 99.7 cm³/mol. The number of hydrogen-bond donors (Lipinski definition) is 1. The van der Waals surface area contributed by atoms with E-state index in [9.17, 15) is 9.59 Å². The van der Waals surface area contributed by atoms with E-state index in [0.717, 1.165) is 22.5 Å². The van der Waals surface area contributed by atoms with Gasteiger partial charge in [-0.2, -0.15) is 10.1 Å². The number of amides is 1. The Labute approximate surface area is 156 Å². The summed E-state index contributed by atoms with van der Waals surface area (Å²) < 4.78 is 6.38. The molecule has 140 valence electrons. The SMILES string of the molecule is COC(=O)c1ccc(NC(=O)CCc2c(C)nc3ncnn3c2C)c(C)c1. The van der Waals surface area contributed by atoms with Crippen molar-refractivity contribution in [1.82, 2.24) is 19.6 Å². The number of rotatable bonds is 5. The van der Waals surface area contributed by atoms with Gasteiger partial charge in [-0.3, -0.25) is 4.79 Å². The molecule has 0 saturated heterocycles. The predicted octanol–water partition coefficient (Wildman–Crippen LogP) is 2.41. The highest BCUT2D eigenvalue weighted by Gasteiger charge is 2.14. The molecule has 0 fully saturated rings. The summed E-state index contributed by atoms with van der Waals surface area (Å²) in [7, 11) is 1.34. The Kier molecular flexibility index (Phi) is 5.16. The average Bonchev–Trinajstić information content (AvgIpc) is 3.11. The molecule has 0 radical (unpaired) electrons. The third-order valence-electron chi connectivity index (χ3n) is 4.51. The molecule has 1 aromatic carbocycles. The molecule has 8 heteroatoms. The van der Waals surface area contributed by atoms with Gasteiger partial charge in [0.15, 0.2) is 0 Å². The second-order valence-corrected chi connectivity index (χ2v) is 6.30. The Hall–Kier alpha value is -3.29. The van der Waals surface area contributed by atoms with Crippen molar-refractivity contribution in [2.24, 2.45) is 0 Å². The summed E-state index contributed by atoms with van der Waals surface area (Å²) in [6.45, 7) is 5.68. The van der Waals surface area contributed by atoms with Crippen molar-refractivity contribution in [3.05, 3.63) is 52.6 Å². The van der Waals surface area contributed by atoms with Gasteiger partial charge in [0.25, 0.3) is 5.78 Å². The first-order chi connectivity index (χ1) is 12.9. The van der Waals surface area contributed by atoms with Gasteiger partial charge in [-0.15, -0.1) is 0 Å².